The second kappa shape index (κ2) is 3.66. The maximum atomic E-state index is 11.8. The van der Waals surface area contributed by atoms with Crippen molar-refractivity contribution in [2.24, 2.45) is 5.41 Å². The van der Waals surface area contributed by atoms with Crippen LogP contribution in [0.4, 0.5) is 4.79 Å². The summed E-state index contributed by atoms with van der Waals surface area (Å²) in [6.07, 6.45) is 10.2. The van der Waals surface area contributed by atoms with Crippen LogP contribution in [-0.4, -0.2) is 17.2 Å². The lowest BCUT2D eigenvalue weighted by Crippen LogP contribution is -2.47. The third-order valence-corrected chi connectivity index (χ3v) is 3.91. The number of alkyl carbamates (subject to hydrolysis) is 1. The summed E-state index contributed by atoms with van der Waals surface area (Å²) in [5, 5.41) is 3.04. The van der Waals surface area contributed by atoms with E-state index >= 15 is 0 Å². The molecule has 94 valence electrons. The van der Waals surface area contributed by atoms with Gasteiger partial charge in [0.15, 0.2) is 0 Å². The van der Waals surface area contributed by atoms with Gasteiger partial charge in [0.2, 0.25) is 0 Å². The Morgan fingerprint density at radius 2 is 1.88 bits per heavy atom. The average molecular weight is 235 g/mol. The molecule has 0 aromatic rings. The normalized spacial score (nSPS) is 35.4. The van der Waals surface area contributed by atoms with Gasteiger partial charge in [-0.15, -0.1) is 6.42 Å². The number of nitrogens with one attached hydrogen (secondary N) is 1. The molecular formula is C14H21NO2. The molecule has 0 aromatic carbocycles. The summed E-state index contributed by atoms with van der Waals surface area (Å²) >= 11 is 0. The number of hydrogen-bond acceptors (Lipinski definition) is 2. The Bertz CT molecular complexity index is 365. The Labute approximate surface area is 103 Å². The molecule has 2 bridgehead atoms. The van der Waals surface area contributed by atoms with Crippen molar-refractivity contribution in [3.05, 3.63) is 0 Å². The first-order valence-electron chi connectivity index (χ1n) is 6.27. The topological polar surface area (TPSA) is 38.3 Å². The zero-order valence-electron chi connectivity index (χ0n) is 10.9. The first kappa shape index (κ1) is 12.3. The van der Waals surface area contributed by atoms with Gasteiger partial charge in [-0.2, -0.15) is 0 Å². The van der Waals surface area contributed by atoms with Crippen LogP contribution in [0.5, 0.6) is 0 Å². The predicted octanol–water partition coefficient (Wildman–Crippen LogP) is 2.85. The number of carbonyl (C=O) groups excluding carboxylic acids is 1. The molecule has 2 saturated carbocycles. The van der Waals surface area contributed by atoms with Crippen molar-refractivity contribution in [2.75, 3.05) is 0 Å². The van der Waals surface area contributed by atoms with Crippen LogP contribution < -0.4 is 5.32 Å². The summed E-state index contributed by atoms with van der Waals surface area (Å²) < 4.78 is 5.31. The Morgan fingerprint density at radius 3 is 2.29 bits per heavy atom. The molecule has 2 aliphatic carbocycles. The second-order valence-corrected chi connectivity index (χ2v) is 6.51. The summed E-state index contributed by atoms with van der Waals surface area (Å²) in [5.74, 6) is 2.92. The Hall–Kier alpha value is -1.17. The number of fused-ring (bicyclic) bond motifs is 2. The first-order chi connectivity index (χ1) is 7.78. The molecule has 2 rings (SSSR count). The van der Waals surface area contributed by atoms with Crippen molar-refractivity contribution in [1.82, 2.24) is 5.32 Å². The summed E-state index contributed by atoms with van der Waals surface area (Å²) in [4.78, 5) is 11.8. The van der Waals surface area contributed by atoms with Crippen molar-refractivity contribution >= 4 is 6.09 Å². The highest BCUT2D eigenvalue weighted by Crippen LogP contribution is 2.56. The quantitative estimate of drug-likeness (QED) is 0.710. The minimum Gasteiger partial charge on any atom is -0.444 e. The molecule has 0 aliphatic heterocycles. The highest BCUT2D eigenvalue weighted by atomic mass is 16.6. The van der Waals surface area contributed by atoms with Crippen LogP contribution in [0.15, 0.2) is 0 Å². The Morgan fingerprint density at radius 1 is 1.29 bits per heavy atom. The Balaban J connectivity index is 1.98. The zero-order valence-corrected chi connectivity index (χ0v) is 10.9. The van der Waals surface area contributed by atoms with Crippen molar-refractivity contribution in [1.29, 1.82) is 0 Å². The maximum Gasteiger partial charge on any atom is 0.408 e. The highest BCUT2D eigenvalue weighted by molar-refractivity contribution is 5.69. The lowest BCUT2D eigenvalue weighted by Gasteiger charge is -2.29. The average Bonchev–Trinajstić information content (AvgIpc) is 2.70. The molecule has 3 heteroatoms. The monoisotopic (exact) mass is 235 g/mol. The van der Waals surface area contributed by atoms with Gasteiger partial charge >= 0.3 is 6.09 Å². The van der Waals surface area contributed by atoms with E-state index in [9.17, 15) is 4.79 Å². The molecule has 0 saturated heterocycles. The van der Waals surface area contributed by atoms with Crippen molar-refractivity contribution in [3.8, 4) is 12.3 Å². The van der Waals surface area contributed by atoms with Crippen LogP contribution in [0.1, 0.15) is 52.9 Å². The second-order valence-electron chi connectivity index (χ2n) is 6.51. The van der Waals surface area contributed by atoms with Gasteiger partial charge in [0.1, 0.15) is 5.60 Å². The smallest absolute Gasteiger partial charge is 0.408 e. The van der Waals surface area contributed by atoms with Crippen LogP contribution in [-0.2, 0) is 4.74 Å². The Kier molecular flexibility index (Phi) is 2.65. The highest BCUT2D eigenvalue weighted by Gasteiger charge is 2.54. The minimum absolute atomic E-state index is 0.0367. The lowest BCUT2D eigenvalue weighted by atomic mass is 9.85. The van der Waals surface area contributed by atoms with Crippen LogP contribution >= 0.6 is 0 Å². The van der Waals surface area contributed by atoms with E-state index in [0.29, 0.717) is 0 Å². The van der Waals surface area contributed by atoms with Gasteiger partial charge in [0.25, 0.3) is 0 Å². The number of rotatable bonds is 1. The van der Waals surface area contributed by atoms with Gasteiger partial charge in [-0.1, -0.05) is 5.92 Å². The van der Waals surface area contributed by atoms with Gasteiger partial charge in [-0.25, -0.2) is 4.79 Å². The van der Waals surface area contributed by atoms with E-state index < -0.39 is 5.60 Å². The number of terminal acetylenes is 1. The van der Waals surface area contributed by atoms with Crippen LogP contribution in [0.2, 0.25) is 0 Å². The van der Waals surface area contributed by atoms with E-state index in [1.165, 1.54) is 0 Å². The number of hydrogen-bond donors (Lipinski definition) is 1. The molecule has 0 aromatic heterocycles. The molecule has 0 heterocycles. The van der Waals surface area contributed by atoms with Gasteiger partial charge in [0.05, 0.1) is 0 Å². The number of ether oxygens (including phenoxy) is 1. The van der Waals surface area contributed by atoms with Gasteiger partial charge < -0.3 is 10.1 Å². The third kappa shape index (κ3) is 2.41. The van der Waals surface area contributed by atoms with E-state index in [4.69, 9.17) is 11.2 Å². The van der Waals surface area contributed by atoms with Gasteiger partial charge in [-0.3, -0.25) is 0 Å². The van der Waals surface area contributed by atoms with Crippen molar-refractivity contribution < 1.29 is 9.53 Å². The fraction of sp³-hybridized carbons (Fsp3) is 0.786. The summed E-state index contributed by atoms with van der Waals surface area (Å²) in [7, 11) is 0. The third-order valence-electron chi connectivity index (χ3n) is 3.91. The number of carbonyl (C=O) groups is 1. The van der Waals surface area contributed by atoms with Crippen LogP contribution in [0.25, 0.3) is 0 Å². The standard InChI is InChI=1S/C14H21NO2/c1-5-13-6-8-14(10-13,9-7-13)15-11(16)17-12(2,3)4/h1H,6-10H2,2-4H3,(H,15,16). The van der Waals surface area contributed by atoms with E-state index in [-0.39, 0.29) is 17.0 Å². The molecule has 0 unspecified atom stereocenters. The molecule has 2 aliphatic rings. The molecular weight excluding hydrogens is 214 g/mol. The van der Waals surface area contributed by atoms with Crippen LogP contribution in [0.3, 0.4) is 0 Å². The van der Waals surface area contributed by atoms with E-state index in [1.54, 1.807) is 0 Å². The number of amides is 1. The fourth-order valence-electron chi connectivity index (χ4n) is 3.09. The summed E-state index contributed by atoms with van der Waals surface area (Å²) in [6, 6.07) is 0. The zero-order chi connectivity index (χ0) is 12.7. The van der Waals surface area contributed by atoms with Crippen molar-refractivity contribution in [2.45, 2.75) is 64.0 Å². The molecule has 3 nitrogen and oxygen atoms in total. The summed E-state index contributed by atoms with van der Waals surface area (Å²) in [6.45, 7) is 5.62. The maximum absolute atomic E-state index is 11.8. The minimum atomic E-state index is -0.443. The van der Waals surface area contributed by atoms with Crippen molar-refractivity contribution in [3.63, 3.8) is 0 Å². The molecule has 0 atom stereocenters. The van der Waals surface area contributed by atoms with Gasteiger partial charge in [0, 0.05) is 11.0 Å². The molecule has 0 spiro atoms. The fourth-order valence-corrected chi connectivity index (χ4v) is 3.09. The largest absolute Gasteiger partial charge is 0.444 e. The molecule has 17 heavy (non-hydrogen) atoms. The van der Waals surface area contributed by atoms with E-state index in [0.717, 1.165) is 32.1 Å². The summed E-state index contributed by atoms with van der Waals surface area (Å²) in [5.41, 5.74) is -0.509. The molecule has 2 fully saturated rings. The van der Waals surface area contributed by atoms with Gasteiger partial charge in [-0.05, 0) is 52.9 Å². The lowest BCUT2D eigenvalue weighted by molar-refractivity contribution is 0.0458. The first-order valence-corrected chi connectivity index (χ1v) is 6.27. The SMILES string of the molecule is C#CC12CCC(NC(=O)OC(C)(C)C)(CC1)C2. The van der Waals surface area contributed by atoms with Crippen LogP contribution in [0, 0.1) is 17.8 Å². The predicted molar refractivity (Wildman–Crippen MR) is 66.5 cm³/mol. The van der Waals surface area contributed by atoms with E-state index in [1.807, 2.05) is 20.8 Å². The van der Waals surface area contributed by atoms with E-state index in [2.05, 4.69) is 11.2 Å². The molecule has 1 N–H and O–H groups in total. The molecule has 0 radical (unpaired) electrons. The molecule has 1 amide bonds.